The van der Waals surface area contributed by atoms with Gasteiger partial charge in [-0.05, 0) is 61.4 Å². The van der Waals surface area contributed by atoms with E-state index in [1.54, 1.807) is 6.08 Å². The first-order chi connectivity index (χ1) is 20.6. The lowest BCUT2D eigenvalue weighted by molar-refractivity contribution is -0.155. The van der Waals surface area contributed by atoms with Crippen LogP contribution in [-0.4, -0.2) is 59.8 Å². The van der Waals surface area contributed by atoms with Gasteiger partial charge >= 0.3 is 11.9 Å². The van der Waals surface area contributed by atoms with Crippen molar-refractivity contribution in [3.63, 3.8) is 0 Å². The van der Waals surface area contributed by atoms with Crippen LogP contribution in [0.3, 0.4) is 0 Å². The van der Waals surface area contributed by atoms with Gasteiger partial charge in [-0.25, -0.2) is 0 Å². The average Bonchev–Trinajstić information content (AvgIpc) is 3.21. The average molecular weight is 667 g/mol. The van der Waals surface area contributed by atoms with E-state index in [9.17, 15) is 14.4 Å². The van der Waals surface area contributed by atoms with Gasteiger partial charge in [0.1, 0.15) is 17.8 Å². The van der Waals surface area contributed by atoms with E-state index in [4.69, 9.17) is 18.3 Å². The minimum Gasteiger partial charge on any atom is -0.469 e. The molecule has 1 aliphatic carbocycles. The molecule has 0 bridgehead atoms. The van der Waals surface area contributed by atoms with Gasteiger partial charge in [0.2, 0.25) is 0 Å². The van der Waals surface area contributed by atoms with Crippen molar-refractivity contribution in [1.82, 2.24) is 0 Å². The van der Waals surface area contributed by atoms with Crippen LogP contribution in [-0.2, 0) is 32.7 Å². The molecule has 260 valence electrons. The third-order valence-electron chi connectivity index (χ3n) is 10.2. The van der Waals surface area contributed by atoms with E-state index in [-0.39, 0.29) is 40.8 Å². The van der Waals surface area contributed by atoms with Crippen molar-refractivity contribution < 1.29 is 32.7 Å². The SMILES string of the molecule is C=CC(CCCC(=O)OC)OC(=O)[C@H]1C(=O)C[C@@H](O[Si](C)(C)C(C)(C)C)[C@@H]1/C=C/[C@H](C[C@H](C)CCCC)O[Si](C)(C)C(C)(C)C. The Morgan fingerprint density at radius 1 is 0.978 bits per heavy atom. The first-order valence-corrected chi connectivity index (χ1v) is 22.9. The smallest absolute Gasteiger partial charge is 0.317 e. The maximum Gasteiger partial charge on any atom is 0.317 e. The van der Waals surface area contributed by atoms with Crippen LogP contribution in [0.2, 0.25) is 36.3 Å². The lowest BCUT2D eigenvalue weighted by Crippen LogP contribution is -2.45. The second kappa shape index (κ2) is 17.6. The molecule has 1 rings (SSSR count). The minimum absolute atomic E-state index is 0.0446. The predicted molar refractivity (Wildman–Crippen MR) is 189 cm³/mol. The maximum absolute atomic E-state index is 13.7. The van der Waals surface area contributed by atoms with Crippen molar-refractivity contribution in [2.24, 2.45) is 17.8 Å². The van der Waals surface area contributed by atoms with Crippen LogP contribution in [0.1, 0.15) is 107 Å². The fraction of sp³-hybridized carbons (Fsp3) is 0.806. The van der Waals surface area contributed by atoms with Crippen LogP contribution in [0.4, 0.5) is 0 Å². The second-order valence-corrected chi connectivity index (χ2v) is 25.6. The van der Waals surface area contributed by atoms with E-state index in [1.165, 1.54) is 13.5 Å². The first-order valence-electron chi connectivity index (χ1n) is 17.1. The summed E-state index contributed by atoms with van der Waals surface area (Å²) in [4.78, 5) is 38.9. The molecule has 9 heteroatoms. The lowest BCUT2D eigenvalue weighted by Gasteiger charge is -2.40. The molecule has 0 N–H and O–H groups in total. The predicted octanol–water partition coefficient (Wildman–Crippen LogP) is 9.19. The van der Waals surface area contributed by atoms with Crippen molar-refractivity contribution in [3.05, 3.63) is 24.8 Å². The summed E-state index contributed by atoms with van der Waals surface area (Å²) in [7, 11) is -3.01. The number of methoxy groups -OCH3 is 1. The Morgan fingerprint density at radius 3 is 2.09 bits per heavy atom. The van der Waals surface area contributed by atoms with Crippen LogP contribution >= 0.6 is 0 Å². The number of hydrogen-bond acceptors (Lipinski definition) is 7. The molecule has 0 aliphatic heterocycles. The van der Waals surface area contributed by atoms with E-state index >= 15 is 0 Å². The molecule has 0 aromatic heterocycles. The molecular formula is C36H66O7Si2. The number of carbonyl (C=O) groups excluding carboxylic acids is 3. The van der Waals surface area contributed by atoms with E-state index in [2.05, 4.69) is 94.2 Å². The van der Waals surface area contributed by atoms with E-state index < -0.39 is 46.6 Å². The number of esters is 2. The van der Waals surface area contributed by atoms with Crippen LogP contribution in [0.25, 0.3) is 0 Å². The Morgan fingerprint density at radius 2 is 1.58 bits per heavy atom. The maximum atomic E-state index is 13.7. The van der Waals surface area contributed by atoms with E-state index in [0.29, 0.717) is 18.8 Å². The van der Waals surface area contributed by atoms with Crippen molar-refractivity contribution >= 4 is 34.4 Å². The number of carbonyl (C=O) groups is 3. The van der Waals surface area contributed by atoms with E-state index in [0.717, 1.165) is 19.3 Å². The first kappa shape index (κ1) is 41.5. The summed E-state index contributed by atoms with van der Waals surface area (Å²) < 4.78 is 24.4. The topological polar surface area (TPSA) is 88.1 Å². The van der Waals surface area contributed by atoms with E-state index in [1.807, 2.05) is 6.08 Å². The quantitative estimate of drug-likeness (QED) is 0.0624. The van der Waals surface area contributed by atoms with Gasteiger partial charge in [0.15, 0.2) is 16.6 Å². The van der Waals surface area contributed by atoms with Gasteiger partial charge in [-0.2, -0.15) is 0 Å². The standard InChI is InChI=1S/C36H66O7Si2/c1-15-17-19-26(3)24-28(42-44(11,12)35(4,5)6)22-23-29-31(43-45(13,14)36(7,8)9)25-30(37)33(29)34(39)41-27(16-2)20-18-21-32(38)40-10/h16,22-23,26-29,31,33H,2,15,17-21,24-25H2,1,3-14H3/b23-22+/t26-,27?,28-,29+,31-,33-/m1/s1. The Hall–Kier alpha value is -1.56. The normalized spacial score (nSPS) is 21.9. The fourth-order valence-corrected chi connectivity index (χ4v) is 7.76. The summed E-state index contributed by atoms with van der Waals surface area (Å²) in [6.07, 6.45) is 10.2. The summed E-state index contributed by atoms with van der Waals surface area (Å²) in [6, 6.07) is 0. The summed E-state index contributed by atoms with van der Waals surface area (Å²) in [6.45, 7) is 30.5. The zero-order chi connectivity index (χ0) is 34.8. The van der Waals surface area contributed by atoms with Crippen molar-refractivity contribution in [2.45, 2.75) is 161 Å². The number of ether oxygens (including phenoxy) is 2. The Bertz CT molecular complexity index is 1010. The molecule has 0 heterocycles. The Labute approximate surface area is 277 Å². The van der Waals surface area contributed by atoms with Crippen molar-refractivity contribution in [3.8, 4) is 0 Å². The van der Waals surface area contributed by atoms with Crippen LogP contribution in [0.15, 0.2) is 24.8 Å². The third-order valence-corrected chi connectivity index (χ3v) is 19.2. The summed E-state index contributed by atoms with van der Waals surface area (Å²) in [5.74, 6) is -1.98. The van der Waals surface area contributed by atoms with Gasteiger partial charge in [-0.15, -0.1) is 0 Å². The van der Waals surface area contributed by atoms with Gasteiger partial charge in [0, 0.05) is 18.8 Å². The van der Waals surface area contributed by atoms with Crippen molar-refractivity contribution in [2.75, 3.05) is 7.11 Å². The van der Waals surface area contributed by atoms with Gasteiger partial charge in [0.25, 0.3) is 0 Å². The molecule has 7 nitrogen and oxygen atoms in total. The minimum atomic E-state index is -2.26. The van der Waals surface area contributed by atoms with Gasteiger partial charge in [0.05, 0.1) is 19.3 Å². The highest BCUT2D eigenvalue weighted by Crippen LogP contribution is 2.43. The highest BCUT2D eigenvalue weighted by atomic mass is 28.4. The summed E-state index contributed by atoms with van der Waals surface area (Å²) in [5.41, 5.74) is 0. The number of Topliss-reactive ketones (excluding diaryl/α,β-unsaturated/α-hetero) is 1. The zero-order valence-corrected chi connectivity index (χ0v) is 32.9. The zero-order valence-electron chi connectivity index (χ0n) is 30.9. The highest BCUT2D eigenvalue weighted by molar-refractivity contribution is 6.74. The Kier molecular flexibility index (Phi) is 16.2. The molecular weight excluding hydrogens is 601 g/mol. The molecule has 0 spiro atoms. The highest BCUT2D eigenvalue weighted by Gasteiger charge is 2.51. The number of rotatable bonds is 18. The molecule has 0 radical (unpaired) electrons. The second-order valence-electron chi connectivity index (χ2n) is 16.1. The number of unbranched alkanes of at least 4 members (excludes halogenated alkanes) is 1. The van der Waals surface area contributed by atoms with Gasteiger partial charge < -0.3 is 18.3 Å². The Balaban J connectivity index is 3.45. The fourth-order valence-electron chi connectivity index (χ4n) is 5.13. The lowest BCUT2D eigenvalue weighted by atomic mass is 9.92. The molecule has 1 fully saturated rings. The molecule has 0 aromatic rings. The van der Waals surface area contributed by atoms with Crippen LogP contribution in [0, 0.1) is 17.8 Å². The van der Waals surface area contributed by atoms with Gasteiger partial charge in [-0.1, -0.05) is 99.5 Å². The van der Waals surface area contributed by atoms with Crippen LogP contribution in [0.5, 0.6) is 0 Å². The molecule has 0 saturated heterocycles. The third kappa shape index (κ3) is 12.9. The number of ketones is 1. The molecule has 1 aliphatic rings. The molecule has 1 unspecified atom stereocenters. The van der Waals surface area contributed by atoms with Crippen molar-refractivity contribution in [1.29, 1.82) is 0 Å². The molecule has 1 saturated carbocycles. The summed E-state index contributed by atoms with van der Waals surface area (Å²) >= 11 is 0. The molecule has 6 atom stereocenters. The monoisotopic (exact) mass is 666 g/mol. The summed E-state index contributed by atoms with van der Waals surface area (Å²) in [5, 5.41) is -0.0118. The van der Waals surface area contributed by atoms with Gasteiger partial charge in [-0.3, -0.25) is 14.4 Å². The number of hydrogen-bond donors (Lipinski definition) is 0. The molecule has 0 aromatic carbocycles. The van der Waals surface area contributed by atoms with Crippen LogP contribution < -0.4 is 0 Å². The largest absolute Gasteiger partial charge is 0.469 e. The molecule has 45 heavy (non-hydrogen) atoms. The molecule has 0 amide bonds.